The van der Waals surface area contributed by atoms with E-state index in [0.717, 1.165) is 18.8 Å². The molecule has 0 amide bonds. The molecule has 0 bridgehead atoms. The molecular weight excluding hydrogens is 198 g/mol. The molecule has 1 aromatic rings. The first-order valence-electron chi connectivity index (χ1n) is 6.54. The molecule has 0 saturated carbocycles. The van der Waals surface area contributed by atoms with E-state index < -0.39 is 0 Å². The van der Waals surface area contributed by atoms with Gasteiger partial charge in [-0.1, -0.05) is 39.0 Å². The van der Waals surface area contributed by atoms with Crippen molar-refractivity contribution in [3.8, 4) is 0 Å². The summed E-state index contributed by atoms with van der Waals surface area (Å²) in [6.45, 7) is 6.32. The lowest BCUT2D eigenvalue weighted by Crippen LogP contribution is -2.15. The summed E-state index contributed by atoms with van der Waals surface area (Å²) in [6.07, 6.45) is 9.90. The molecule has 0 aliphatic carbocycles. The van der Waals surface area contributed by atoms with Crippen LogP contribution < -0.4 is 5.32 Å². The van der Waals surface area contributed by atoms with E-state index in [1.54, 1.807) is 6.33 Å². The topological polar surface area (TPSA) is 40.7 Å². The molecule has 0 aliphatic rings. The second-order valence-electron chi connectivity index (χ2n) is 4.42. The fourth-order valence-electron chi connectivity index (χ4n) is 1.80. The maximum Gasteiger partial charge on any atom is 0.0925 e. The SMILES string of the molecule is CCCCCCCCNCc1nc[nH]c1C. The lowest BCUT2D eigenvalue weighted by Gasteiger charge is -2.03. The Bertz CT molecular complexity index is 268. The molecular formula is C13H25N3. The molecule has 1 heterocycles. The quantitative estimate of drug-likeness (QED) is 0.631. The zero-order valence-corrected chi connectivity index (χ0v) is 10.7. The monoisotopic (exact) mass is 223 g/mol. The molecule has 0 aromatic carbocycles. The Labute approximate surface area is 99.1 Å². The van der Waals surface area contributed by atoms with Gasteiger partial charge in [0.1, 0.15) is 0 Å². The third kappa shape index (κ3) is 5.31. The van der Waals surface area contributed by atoms with Crippen LogP contribution in [0.5, 0.6) is 0 Å². The van der Waals surface area contributed by atoms with Crippen LogP contribution >= 0.6 is 0 Å². The summed E-state index contributed by atoms with van der Waals surface area (Å²) in [4.78, 5) is 7.35. The minimum atomic E-state index is 0.893. The minimum absolute atomic E-state index is 0.893. The van der Waals surface area contributed by atoms with Crippen molar-refractivity contribution in [3.63, 3.8) is 0 Å². The maximum atomic E-state index is 4.26. The Kier molecular flexibility index (Phi) is 6.90. The van der Waals surface area contributed by atoms with Crippen LogP contribution in [0.3, 0.4) is 0 Å². The fraction of sp³-hybridized carbons (Fsp3) is 0.769. The highest BCUT2D eigenvalue weighted by Gasteiger charge is 1.98. The van der Waals surface area contributed by atoms with Crippen LogP contribution in [-0.4, -0.2) is 16.5 Å². The third-order valence-corrected chi connectivity index (χ3v) is 2.93. The standard InChI is InChI=1S/C13H25N3/c1-3-4-5-6-7-8-9-14-10-13-12(2)15-11-16-13/h11,14H,3-10H2,1-2H3,(H,15,16). The van der Waals surface area contributed by atoms with Gasteiger partial charge in [-0.2, -0.15) is 0 Å². The molecule has 0 saturated heterocycles. The molecule has 0 spiro atoms. The number of unbranched alkanes of at least 4 members (excludes halogenated alkanes) is 5. The van der Waals surface area contributed by atoms with Crippen molar-refractivity contribution in [2.45, 2.75) is 58.9 Å². The first-order chi connectivity index (χ1) is 7.84. The number of aryl methyl sites for hydroxylation is 1. The molecule has 3 nitrogen and oxygen atoms in total. The van der Waals surface area contributed by atoms with Gasteiger partial charge in [-0.05, 0) is 19.9 Å². The first kappa shape index (κ1) is 13.2. The number of hydrogen-bond donors (Lipinski definition) is 2. The van der Waals surface area contributed by atoms with Crippen LogP contribution in [0.2, 0.25) is 0 Å². The molecule has 16 heavy (non-hydrogen) atoms. The Morgan fingerprint density at radius 2 is 1.94 bits per heavy atom. The predicted molar refractivity (Wildman–Crippen MR) is 68.4 cm³/mol. The van der Waals surface area contributed by atoms with E-state index >= 15 is 0 Å². The summed E-state index contributed by atoms with van der Waals surface area (Å²) in [5.41, 5.74) is 2.32. The number of aromatic amines is 1. The summed E-state index contributed by atoms with van der Waals surface area (Å²) < 4.78 is 0. The second kappa shape index (κ2) is 8.34. The number of hydrogen-bond acceptors (Lipinski definition) is 2. The van der Waals surface area contributed by atoms with Gasteiger partial charge in [-0.15, -0.1) is 0 Å². The van der Waals surface area contributed by atoms with E-state index in [4.69, 9.17) is 0 Å². The van der Waals surface area contributed by atoms with Crippen LogP contribution in [0.15, 0.2) is 6.33 Å². The molecule has 0 atom stereocenters. The second-order valence-corrected chi connectivity index (χ2v) is 4.42. The van der Waals surface area contributed by atoms with Gasteiger partial charge < -0.3 is 10.3 Å². The van der Waals surface area contributed by atoms with Crippen molar-refractivity contribution >= 4 is 0 Å². The molecule has 92 valence electrons. The smallest absolute Gasteiger partial charge is 0.0925 e. The van der Waals surface area contributed by atoms with Gasteiger partial charge in [0.25, 0.3) is 0 Å². The van der Waals surface area contributed by atoms with E-state index in [-0.39, 0.29) is 0 Å². The Balaban J connectivity index is 1.91. The van der Waals surface area contributed by atoms with Gasteiger partial charge in [-0.25, -0.2) is 4.98 Å². The largest absolute Gasteiger partial charge is 0.348 e. The normalized spacial score (nSPS) is 10.9. The Morgan fingerprint density at radius 3 is 2.62 bits per heavy atom. The molecule has 2 N–H and O–H groups in total. The van der Waals surface area contributed by atoms with E-state index in [1.165, 1.54) is 44.2 Å². The number of rotatable bonds is 9. The number of H-pyrrole nitrogens is 1. The molecule has 1 aromatic heterocycles. The van der Waals surface area contributed by atoms with Gasteiger partial charge in [-0.3, -0.25) is 0 Å². The van der Waals surface area contributed by atoms with Gasteiger partial charge in [0.05, 0.1) is 12.0 Å². The van der Waals surface area contributed by atoms with Crippen molar-refractivity contribution in [3.05, 3.63) is 17.7 Å². The van der Waals surface area contributed by atoms with E-state index in [9.17, 15) is 0 Å². The molecule has 1 rings (SSSR count). The summed E-state index contributed by atoms with van der Waals surface area (Å²) in [6, 6.07) is 0. The van der Waals surface area contributed by atoms with Crippen molar-refractivity contribution in [2.24, 2.45) is 0 Å². The summed E-state index contributed by atoms with van der Waals surface area (Å²) in [7, 11) is 0. The molecule has 3 heteroatoms. The zero-order valence-electron chi connectivity index (χ0n) is 10.7. The molecule has 0 radical (unpaired) electrons. The van der Waals surface area contributed by atoms with Gasteiger partial charge in [0, 0.05) is 12.2 Å². The van der Waals surface area contributed by atoms with Gasteiger partial charge >= 0.3 is 0 Å². The molecule has 0 unspecified atom stereocenters. The summed E-state index contributed by atoms with van der Waals surface area (Å²) in [5.74, 6) is 0. The van der Waals surface area contributed by atoms with E-state index in [0.29, 0.717) is 0 Å². The highest BCUT2D eigenvalue weighted by molar-refractivity contribution is 5.07. The number of aromatic nitrogens is 2. The first-order valence-corrected chi connectivity index (χ1v) is 6.54. The van der Waals surface area contributed by atoms with Crippen LogP contribution in [0.4, 0.5) is 0 Å². The average Bonchev–Trinajstić information content (AvgIpc) is 2.68. The van der Waals surface area contributed by atoms with Crippen LogP contribution in [0.25, 0.3) is 0 Å². The average molecular weight is 223 g/mol. The minimum Gasteiger partial charge on any atom is -0.348 e. The summed E-state index contributed by atoms with van der Waals surface area (Å²) >= 11 is 0. The van der Waals surface area contributed by atoms with Gasteiger partial charge in [0.2, 0.25) is 0 Å². The fourth-order valence-corrected chi connectivity index (χ4v) is 1.80. The van der Waals surface area contributed by atoms with Gasteiger partial charge in [0.15, 0.2) is 0 Å². The number of nitrogens with zero attached hydrogens (tertiary/aromatic N) is 1. The van der Waals surface area contributed by atoms with E-state index in [1.807, 2.05) is 0 Å². The van der Waals surface area contributed by atoms with E-state index in [2.05, 4.69) is 29.1 Å². The Hall–Kier alpha value is -0.830. The summed E-state index contributed by atoms with van der Waals surface area (Å²) in [5, 5.41) is 3.44. The zero-order chi connectivity index (χ0) is 11.6. The van der Waals surface area contributed by atoms with Crippen molar-refractivity contribution in [1.29, 1.82) is 0 Å². The van der Waals surface area contributed by atoms with Crippen LogP contribution in [0, 0.1) is 6.92 Å². The maximum absolute atomic E-state index is 4.26. The van der Waals surface area contributed by atoms with Crippen LogP contribution in [-0.2, 0) is 6.54 Å². The highest BCUT2D eigenvalue weighted by Crippen LogP contribution is 2.04. The lowest BCUT2D eigenvalue weighted by atomic mass is 10.1. The number of nitrogens with one attached hydrogen (secondary N) is 2. The van der Waals surface area contributed by atoms with Crippen LogP contribution in [0.1, 0.15) is 56.8 Å². The molecule has 0 fully saturated rings. The molecule has 0 aliphatic heterocycles. The van der Waals surface area contributed by atoms with Crippen molar-refractivity contribution < 1.29 is 0 Å². The number of imidazole rings is 1. The highest BCUT2D eigenvalue weighted by atomic mass is 14.9. The third-order valence-electron chi connectivity index (χ3n) is 2.93. The lowest BCUT2D eigenvalue weighted by molar-refractivity contribution is 0.569. The van der Waals surface area contributed by atoms with Crippen molar-refractivity contribution in [1.82, 2.24) is 15.3 Å². The Morgan fingerprint density at radius 1 is 1.19 bits per heavy atom. The predicted octanol–water partition coefficient (Wildman–Crippen LogP) is 3.17. The van der Waals surface area contributed by atoms with Crippen molar-refractivity contribution in [2.75, 3.05) is 6.54 Å².